The maximum Gasteiger partial charge on any atom is 0.409 e. The van der Waals surface area contributed by atoms with Gasteiger partial charge >= 0.3 is 6.09 Å². The molecule has 1 aromatic heterocycles. The first kappa shape index (κ1) is 14.1. The van der Waals surface area contributed by atoms with Crippen LogP contribution in [0.2, 0.25) is 0 Å². The van der Waals surface area contributed by atoms with Crippen LogP contribution in [0.3, 0.4) is 0 Å². The lowest BCUT2D eigenvalue weighted by Gasteiger charge is -2.32. The molecule has 19 heavy (non-hydrogen) atoms. The summed E-state index contributed by atoms with van der Waals surface area (Å²) >= 11 is 3.31. The highest BCUT2D eigenvalue weighted by Crippen LogP contribution is 2.17. The molecule has 1 fully saturated rings. The van der Waals surface area contributed by atoms with Crippen molar-refractivity contribution in [2.24, 2.45) is 0 Å². The van der Waals surface area contributed by atoms with Crippen LogP contribution in [0.15, 0.2) is 22.9 Å². The lowest BCUT2D eigenvalue weighted by atomic mass is 10.1. The minimum absolute atomic E-state index is 0.203. The van der Waals surface area contributed by atoms with Crippen molar-refractivity contribution in [3.8, 4) is 0 Å². The molecule has 2 rings (SSSR count). The van der Waals surface area contributed by atoms with Crippen LogP contribution in [0.5, 0.6) is 0 Å². The van der Waals surface area contributed by atoms with Gasteiger partial charge in [-0.25, -0.2) is 9.78 Å². The van der Waals surface area contributed by atoms with E-state index in [9.17, 15) is 4.79 Å². The third-order valence-corrected chi connectivity index (χ3v) is 3.59. The highest BCUT2D eigenvalue weighted by atomic mass is 79.9. The zero-order chi connectivity index (χ0) is 13.7. The lowest BCUT2D eigenvalue weighted by Crippen LogP contribution is -2.42. The van der Waals surface area contributed by atoms with Crippen LogP contribution in [0.1, 0.15) is 19.8 Å². The van der Waals surface area contributed by atoms with Gasteiger partial charge in [0.25, 0.3) is 0 Å². The van der Waals surface area contributed by atoms with Crippen LogP contribution in [-0.4, -0.2) is 41.7 Å². The highest BCUT2D eigenvalue weighted by Gasteiger charge is 2.23. The van der Waals surface area contributed by atoms with Crippen LogP contribution in [0.4, 0.5) is 10.5 Å². The third-order valence-electron chi connectivity index (χ3n) is 3.12. The molecule has 1 amide bonds. The van der Waals surface area contributed by atoms with Crippen LogP contribution in [0.25, 0.3) is 0 Å². The van der Waals surface area contributed by atoms with E-state index in [1.54, 1.807) is 4.90 Å². The Morgan fingerprint density at radius 3 is 2.84 bits per heavy atom. The van der Waals surface area contributed by atoms with Gasteiger partial charge in [0.15, 0.2) is 0 Å². The van der Waals surface area contributed by atoms with Crippen molar-refractivity contribution in [1.29, 1.82) is 0 Å². The summed E-state index contributed by atoms with van der Waals surface area (Å²) in [6, 6.07) is 4.29. The standard InChI is InChI=1S/C13H18BrN3O2/c1-2-19-13(18)17-7-5-10(6-8-17)16-11-3-4-12(14)15-9-11/h3-4,9-10,16H,2,5-8H2,1H3. The minimum Gasteiger partial charge on any atom is -0.450 e. The van der Waals surface area contributed by atoms with Gasteiger partial charge in [-0.2, -0.15) is 0 Å². The number of nitrogens with zero attached hydrogens (tertiary/aromatic N) is 2. The average Bonchev–Trinajstić information content (AvgIpc) is 2.42. The van der Waals surface area contributed by atoms with Gasteiger partial charge in [-0.3, -0.25) is 0 Å². The summed E-state index contributed by atoms with van der Waals surface area (Å²) in [7, 11) is 0. The fourth-order valence-corrected chi connectivity index (χ4v) is 2.35. The van der Waals surface area contributed by atoms with Gasteiger partial charge in [-0.1, -0.05) is 0 Å². The monoisotopic (exact) mass is 327 g/mol. The zero-order valence-electron chi connectivity index (χ0n) is 10.9. The van der Waals surface area contributed by atoms with E-state index >= 15 is 0 Å². The largest absolute Gasteiger partial charge is 0.450 e. The Bertz CT molecular complexity index is 416. The number of likely N-dealkylation sites (tertiary alicyclic amines) is 1. The first-order valence-corrected chi connectivity index (χ1v) is 7.28. The van der Waals surface area contributed by atoms with Crippen LogP contribution < -0.4 is 5.32 Å². The number of rotatable bonds is 3. The Hall–Kier alpha value is -1.30. The summed E-state index contributed by atoms with van der Waals surface area (Å²) in [6.45, 7) is 3.73. The smallest absolute Gasteiger partial charge is 0.409 e. The third kappa shape index (κ3) is 4.09. The van der Waals surface area contributed by atoms with Crippen molar-refractivity contribution in [3.63, 3.8) is 0 Å². The number of carbonyl (C=O) groups is 1. The second-order valence-electron chi connectivity index (χ2n) is 4.47. The number of halogens is 1. The van der Waals surface area contributed by atoms with Gasteiger partial charge in [-0.05, 0) is 47.8 Å². The summed E-state index contributed by atoms with van der Waals surface area (Å²) in [4.78, 5) is 17.5. The van der Waals surface area contributed by atoms with Gasteiger partial charge in [0.05, 0.1) is 18.5 Å². The molecule has 1 aliphatic rings. The topological polar surface area (TPSA) is 54.5 Å². The summed E-state index contributed by atoms with van der Waals surface area (Å²) in [5, 5.41) is 3.44. The Morgan fingerprint density at radius 2 is 2.26 bits per heavy atom. The fourth-order valence-electron chi connectivity index (χ4n) is 2.12. The summed E-state index contributed by atoms with van der Waals surface area (Å²) in [5.41, 5.74) is 1.01. The predicted molar refractivity (Wildman–Crippen MR) is 77.2 cm³/mol. The van der Waals surface area contributed by atoms with Crippen LogP contribution in [0, 0.1) is 0 Å². The summed E-state index contributed by atoms with van der Waals surface area (Å²) in [6.07, 6.45) is 3.46. The molecule has 6 heteroatoms. The quantitative estimate of drug-likeness (QED) is 0.867. The average molecular weight is 328 g/mol. The molecule has 104 valence electrons. The summed E-state index contributed by atoms with van der Waals surface area (Å²) in [5.74, 6) is 0. The van der Waals surface area contributed by atoms with Crippen LogP contribution in [-0.2, 0) is 4.74 Å². The molecular formula is C13H18BrN3O2. The van der Waals surface area contributed by atoms with E-state index in [0.717, 1.165) is 36.2 Å². The number of hydrogen-bond donors (Lipinski definition) is 1. The molecule has 1 N–H and O–H groups in total. The second kappa shape index (κ2) is 6.75. The first-order valence-electron chi connectivity index (χ1n) is 6.49. The fraction of sp³-hybridized carbons (Fsp3) is 0.538. The predicted octanol–water partition coefficient (Wildman–Crippen LogP) is 2.88. The van der Waals surface area contributed by atoms with Crippen LogP contribution >= 0.6 is 15.9 Å². The molecular weight excluding hydrogens is 310 g/mol. The maximum absolute atomic E-state index is 11.6. The van der Waals surface area contributed by atoms with E-state index in [-0.39, 0.29) is 6.09 Å². The van der Waals surface area contributed by atoms with E-state index < -0.39 is 0 Å². The molecule has 5 nitrogen and oxygen atoms in total. The van der Waals surface area contributed by atoms with Gasteiger partial charge in [0.1, 0.15) is 4.60 Å². The Morgan fingerprint density at radius 1 is 1.53 bits per heavy atom. The molecule has 1 saturated heterocycles. The van der Waals surface area contributed by atoms with Gasteiger partial charge in [0, 0.05) is 19.1 Å². The molecule has 2 heterocycles. The molecule has 0 aliphatic carbocycles. The number of piperidine rings is 1. The van der Waals surface area contributed by atoms with Crippen molar-refractivity contribution in [2.75, 3.05) is 25.0 Å². The molecule has 0 bridgehead atoms. The molecule has 0 unspecified atom stereocenters. The summed E-state index contributed by atoms with van der Waals surface area (Å²) < 4.78 is 5.83. The lowest BCUT2D eigenvalue weighted by molar-refractivity contribution is 0.0983. The van der Waals surface area contributed by atoms with E-state index in [0.29, 0.717) is 12.6 Å². The normalized spacial score (nSPS) is 16.2. The molecule has 1 aromatic rings. The number of amides is 1. The maximum atomic E-state index is 11.6. The van der Waals surface area contributed by atoms with E-state index in [1.807, 2.05) is 25.3 Å². The second-order valence-corrected chi connectivity index (χ2v) is 5.29. The van der Waals surface area contributed by atoms with E-state index in [4.69, 9.17) is 4.74 Å². The number of carbonyl (C=O) groups excluding carboxylic acids is 1. The van der Waals surface area contributed by atoms with Crippen molar-refractivity contribution >= 4 is 27.7 Å². The molecule has 0 saturated carbocycles. The van der Waals surface area contributed by atoms with Crippen molar-refractivity contribution in [1.82, 2.24) is 9.88 Å². The van der Waals surface area contributed by atoms with Gasteiger partial charge in [-0.15, -0.1) is 0 Å². The molecule has 0 radical (unpaired) electrons. The minimum atomic E-state index is -0.203. The van der Waals surface area contributed by atoms with Crippen molar-refractivity contribution in [3.05, 3.63) is 22.9 Å². The number of pyridine rings is 1. The van der Waals surface area contributed by atoms with Crippen molar-refractivity contribution < 1.29 is 9.53 Å². The van der Waals surface area contributed by atoms with Crippen molar-refractivity contribution in [2.45, 2.75) is 25.8 Å². The number of anilines is 1. The first-order chi connectivity index (χ1) is 9.19. The zero-order valence-corrected chi connectivity index (χ0v) is 12.5. The van der Waals surface area contributed by atoms with Gasteiger partial charge in [0.2, 0.25) is 0 Å². The number of hydrogen-bond acceptors (Lipinski definition) is 4. The Balaban J connectivity index is 1.80. The Kier molecular flexibility index (Phi) is 5.01. The molecule has 0 spiro atoms. The van der Waals surface area contributed by atoms with E-state index in [1.165, 1.54) is 0 Å². The number of nitrogens with one attached hydrogen (secondary N) is 1. The Labute approximate surface area is 121 Å². The number of ether oxygens (including phenoxy) is 1. The number of aromatic nitrogens is 1. The molecule has 0 aromatic carbocycles. The SMILES string of the molecule is CCOC(=O)N1CCC(Nc2ccc(Br)nc2)CC1. The van der Waals surface area contributed by atoms with E-state index in [2.05, 4.69) is 26.2 Å². The molecule has 0 atom stereocenters. The van der Waals surface area contributed by atoms with Gasteiger partial charge < -0.3 is 15.0 Å². The highest BCUT2D eigenvalue weighted by molar-refractivity contribution is 9.10. The molecule has 1 aliphatic heterocycles.